The highest BCUT2D eigenvalue weighted by molar-refractivity contribution is 5.94. The second kappa shape index (κ2) is 5.32. The van der Waals surface area contributed by atoms with Crippen LogP contribution in [0.1, 0.15) is 42.1 Å². The Balaban J connectivity index is 2.13. The van der Waals surface area contributed by atoms with Crippen molar-refractivity contribution in [3.63, 3.8) is 0 Å². The Kier molecular flexibility index (Phi) is 3.79. The summed E-state index contributed by atoms with van der Waals surface area (Å²) in [6.07, 6.45) is 3.32. The molecule has 0 spiro atoms. The number of carbonyl (C=O) groups excluding carboxylic acids is 1. The molecule has 0 aliphatic carbocycles. The molecular weight excluding hydrogens is 212 g/mol. The fraction of sp³-hybridized carbons (Fsp3) is 0.500. The Morgan fingerprint density at radius 2 is 2.12 bits per heavy atom. The molecule has 92 valence electrons. The van der Waals surface area contributed by atoms with E-state index in [0.29, 0.717) is 12.6 Å². The summed E-state index contributed by atoms with van der Waals surface area (Å²) in [5, 5.41) is 0. The van der Waals surface area contributed by atoms with E-state index in [1.54, 1.807) is 0 Å². The number of nitrogens with zero attached hydrogens (tertiary/aromatic N) is 1. The van der Waals surface area contributed by atoms with Crippen molar-refractivity contribution in [1.29, 1.82) is 0 Å². The highest BCUT2D eigenvalue weighted by atomic mass is 16.2. The van der Waals surface area contributed by atoms with E-state index in [0.717, 1.165) is 36.9 Å². The molecule has 1 heterocycles. The summed E-state index contributed by atoms with van der Waals surface area (Å²) in [7, 11) is 0. The molecule has 1 aliphatic rings. The van der Waals surface area contributed by atoms with E-state index in [9.17, 15) is 4.79 Å². The molecular formula is C14H20N2O. The van der Waals surface area contributed by atoms with Gasteiger partial charge in [0.2, 0.25) is 0 Å². The Hall–Kier alpha value is -1.35. The average Bonchev–Trinajstić information content (AvgIpc) is 2.86. The first-order chi connectivity index (χ1) is 8.26. The molecule has 1 aliphatic heterocycles. The summed E-state index contributed by atoms with van der Waals surface area (Å²) in [6, 6.07) is 8.07. The number of hydrogen-bond donors (Lipinski definition) is 1. The molecule has 1 fully saturated rings. The third-order valence-corrected chi connectivity index (χ3v) is 3.55. The van der Waals surface area contributed by atoms with Gasteiger partial charge in [0.15, 0.2) is 0 Å². The van der Waals surface area contributed by atoms with Crippen LogP contribution in [0.3, 0.4) is 0 Å². The third kappa shape index (κ3) is 2.50. The molecule has 1 aromatic carbocycles. The van der Waals surface area contributed by atoms with Crippen molar-refractivity contribution in [1.82, 2.24) is 4.90 Å². The van der Waals surface area contributed by atoms with Crippen LogP contribution in [0, 0.1) is 0 Å². The second-order valence-corrected chi connectivity index (χ2v) is 4.60. The summed E-state index contributed by atoms with van der Waals surface area (Å²) in [4.78, 5) is 14.3. The van der Waals surface area contributed by atoms with E-state index in [1.807, 2.05) is 29.2 Å². The van der Waals surface area contributed by atoms with Gasteiger partial charge in [-0.1, -0.05) is 19.1 Å². The van der Waals surface area contributed by atoms with Gasteiger partial charge < -0.3 is 10.6 Å². The molecule has 0 radical (unpaired) electrons. The van der Waals surface area contributed by atoms with Crippen molar-refractivity contribution < 1.29 is 4.79 Å². The fourth-order valence-electron chi connectivity index (χ4n) is 2.48. The van der Waals surface area contributed by atoms with Crippen LogP contribution in [-0.2, 0) is 6.54 Å². The molecule has 1 amide bonds. The van der Waals surface area contributed by atoms with Crippen molar-refractivity contribution in [2.75, 3.05) is 6.54 Å². The van der Waals surface area contributed by atoms with E-state index in [-0.39, 0.29) is 5.91 Å². The minimum atomic E-state index is 0.165. The van der Waals surface area contributed by atoms with E-state index in [2.05, 4.69) is 6.92 Å². The van der Waals surface area contributed by atoms with Gasteiger partial charge in [-0.25, -0.2) is 0 Å². The lowest BCUT2D eigenvalue weighted by Gasteiger charge is -2.23. The molecule has 1 unspecified atom stereocenters. The first kappa shape index (κ1) is 12.1. The molecule has 2 rings (SSSR count). The maximum absolute atomic E-state index is 12.3. The lowest BCUT2D eigenvalue weighted by atomic mass is 10.1. The first-order valence-corrected chi connectivity index (χ1v) is 6.36. The van der Waals surface area contributed by atoms with Crippen molar-refractivity contribution in [2.45, 2.75) is 38.8 Å². The van der Waals surface area contributed by atoms with Crippen molar-refractivity contribution >= 4 is 5.91 Å². The van der Waals surface area contributed by atoms with E-state index in [4.69, 9.17) is 5.73 Å². The summed E-state index contributed by atoms with van der Waals surface area (Å²) in [5.41, 5.74) is 7.39. The van der Waals surface area contributed by atoms with E-state index >= 15 is 0 Å². The minimum Gasteiger partial charge on any atom is -0.336 e. The molecule has 17 heavy (non-hydrogen) atoms. The zero-order valence-corrected chi connectivity index (χ0v) is 10.4. The van der Waals surface area contributed by atoms with Crippen LogP contribution in [0.4, 0.5) is 0 Å². The molecule has 3 heteroatoms. The van der Waals surface area contributed by atoms with Gasteiger partial charge in [-0.05, 0) is 37.0 Å². The van der Waals surface area contributed by atoms with Gasteiger partial charge in [0.05, 0.1) is 0 Å². The van der Waals surface area contributed by atoms with Crippen LogP contribution in [0.2, 0.25) is 0 Å². The normalized spacial score (nSPS) is 19.6. The number of hydrogen-bond acceptors (Lipinski definition) is 2. The first-order valence-electron chi connectivity index (χ1n) is 6.36. The van der Waals surface area contributed by atoms with Crippen molar-refractivity contribution in [3.8, 4) is 0 Å². The van der Waals surface area contributed by atoms with Crippen LogP contribution in [-0.4, -0.2) is 23.4 Å². The van der Waals surface area contributed by atoms with Crippen LogP contribution >= 0.6 is 0 Å². The Labute approximate surface area is 103 Å². The highest BCUT2D eigenvalue weighted by Crippen LogP contribution is 2.22. The maximum atomic E-state index is 12.3. The number of amides is 1. The van der Waals surface area contributed by atoms with Crippen LogP contribution in [0.15, 0.2) is 24.3 Å². The maximum Gasteiger partial charge on any atom is 0.254 e. The summed E-state index contributed by atoms with van der Waals surface area (Å²) in [6.45, 7) is 3.57. The smallest absolute Gasteiger partial charge is 0.254 e. The molecule has 2 N–H and O–H groups in total. The van der Waals surface area contributed by atoms with E-state index < -0.39 is 0 Å². The van der Waals surface area contributed by atoms with Crippen molar-refractivity contribution in [3.05, 3.63) is 35.4 Å². The fourth-order valence-corrected chi connectivity index (χ4v) is 2.48. The van der Waals surface area contributed by atoms with Gasteiger partial charge >= 0.3 is 0 Å². The average molecular weight is 232 g/mol. The Morgan fingerprint density at radius 3 is 2.71 bits per heavy atom. The Morgan fingerprint density at radius 1 is 1.41 bits per heavy atom. The second-order valence-electron chi connectivity index (χ2n) is 4.60. The lowest BCUT2D eigenvalue weighted by molar-refractivity contribution is 0.0733. The van der Waals surface area contributed by atoms with Gasteiger partial charge in [0.25, 0.3) is 5.91 Å². The van der Waals surface area contributed by atoms with Gasteiger partial charge in [-0.2, -0.15) is 0 Å². The Bertz CT molecular complexity index is 386. The summed E-state index contributed by atoms with van der Waals surface area (Å²) >= 11 is 0. The zero-order chi connectivity index (χ0) is 12.3. The quantitative estimate of drug-likeness (QED) is 0.868. The molecule has 0 aromatic heterocycles. The van der Waals surface area contributed by atoms with Crippen LogP contribution < -0.4 is 5.73 Å². The molecule has 1 saturated heterocycles. The molecule has 1 aromatic rings. The number of rotatable bonds is 3. The van der Waals surface area contributed by atoms with Gasteiger partial charge in [-0.15, -0.1) is 0 Å². The minimum absolute atomic E-state index is 0.165. The molecule has 0 bridgehead atoms. The molecule has 3 nitrogen and oxygen atoms in total. The van der Waals surface area contributed by atoms with Crippen LogP contribution in [0.25, 0.3) is 0 Å². The largest absolute Gasteiger partial charge is 0.336 e. The summed E-state index contributed by atoms with van der Waals surface area (Å²) < 4.78 is 0. The topological polar surface area (TPSA) is 46.3 Å². The van der Waals surface area contributed by atoms with E-state index in [1.165, 1.54) is 0 Å². The molecule has 0 saturated carbocycles. The standard InChI is InChI=1S/C14H20N2O/c1-2-13-4-3-9-16(13)14(17)12-7-5-11(10-15)6-8-12/h5-8,13H,2-4,9-10,15H2,1H3. The third-order valence-electron chi connectivity index (χ3n) is 3.55. The number of nitrogens with two attached hydrogens (primary N) is 1. The van der Waals surface area contributed by atoms with Crippen molar-refractivity contribution in [2.24, 2.45) is 5.73 Å². The predicted octanol–water partition coefficient (Wildman–Crippen LogP) is 2.16. The number of carbonyl (C=O) groups is 1. The SMILES string of the molecule is CCC1CCCN1C(=O)c1ccc(CN)cc1. The van der Waals surface area contributed by atoms with Gasteiger partial charge in [0.1, 0.15) is 0 Å². The zero-order valence-electron chi connectivity index (χ0n) is 10.4. The molecule has 1 atom stereocenters. The van der Waals surface area contributed by atoms with Gasteiger partial charge in [-0.3, -0.25) is 4.79 Å². The monoisotopic (exact) mass is 232 g/mol. The number of benzene rings is 1. The van der Waals surface area contributed by atoms with Gasteiger partial charge in [0, 0.05) is 24.7 Å². The highest BCUT2D eigenvalue weighted by Gasteiger charge is 2.27. The summed E-state index contributed by atoms with van der Waals surface area (Å²) in [5.74, 6) is 0.165. The van der Waals surface area contributed by atoms with Crippen LogP contribution in [0.5, 0.6) is 0 Å². The predicted molar refractivity (Wildman–Crippen MR) is 68.7 cm³/mol. The number of likely N-dealkylation sites (tertiary alicyclic amines) is 1. The lowest BCUT2D eigenvalue weighted by Crippen LogP contribution is -2.35.